The van der Waals surface area contributed by atoms with Crippen LogP contribution in [0, 0.1) is 0 Å². The number of sulfone groups is 1. The number of halogens is 1. The number of nitrogens with one attached hydrogen (secondary N) is 1. The Labute approximate surface area is 129 Å². The minimum atomic E-state index is -3.78. The quantitative estimate of drug-likeness (QED) is 0.828. The molecule has 1 aliphatic rings. The zero-order valence-electron chi connectivity index (χ0n) is 11.6. The van der Waals surface area contributed by atoms with Gasteiger partial charge in [-0.15, -0.1) is 0 Å². The first-order chi connectivity index (χ1) is 9.88. The zero-order chi connectivity index (χ0) is 15.5. The van der Waals surface area contributed by atoms with Crippen molar-refractivity contribution in [3.63, 3.8) is 0 Å². The Morgan fingerprint density at radius 2 is 1.95 bits per heavy atom. The van der Waals surface area contributed by atoms with Crippen LogP contribution < -0.4 is 11.1 Å². The molecule has 1 aromatic rings. The average molecular weight is 331 g/mol. The molecule has 0 bridgehead atoms. The number of nitrogen functional groups attached to an aromatic ring is 1. The summed E-state index contributed by atoms with van der Waals surface area (Å²) in [4.78, 5) is 11.8. The number of carbonyl (C=O) groups excluding carboxylic acids is 1. The molecular formula is C14H19ClN2O3S. The maximum Gasteiger partial charge on any atom is 0.235 e. The molecule has 0 aliphatic heterocycles. The van der Waals surface area contributed by atoms with E-state index in [4.69, 9.17) is 17.3 Å². The molecule has 5 nitrogen and oxygen atoms in total. The molecule has 1 aliphatic carbocycles. The molecular weight excluding hydrogens is 312 g/mol. The van der Waals surface area contributed by atoms with Crippen LogP contribution in [-0.4, -0.2) is 26.1 Å². The fourth-order valence-electron chi connectivity index (χ4n) is 2.54. The van der Waals surface area contributed by atoms with E-state index in [0.717, 1.165) is 25.7 Å². The Morgan fingerprint density at radius 1 is 1.29 bits per heavy atom. The Morgan fingerprint density at radius 3 is 2.62 bits per heavy atom. The first kappa shape index (κ1) is 16.1. The fraction of sp³-hybridized carbons (Fsp3) is 0.500. The van der Waals surface area contributed by atoms with Gasteiger partial charge in [0.1, 0.15) is 5.75 Å². The molecule has 0 spiro atoms. The molecule has 1 fully saturated rings. The van der Waals surface area contributed by atoms with Crippen molar-refractivity contribution >= 4 is 33.0 Å². The highest BCUT2D eigenvalue weighted by Crippen LogP contribution is 2.24. The molecule has 3 N–H and O–H groups in total. The van der Waals surface area contributed by atoms with Gasteiger partial charge in [0.05, 0.1) is 10.6 Å². The smallest absolute Gasteiger partial charge is 0.235 e. The number of carbonyl (C=O) groups is 1. The van der Waals surface area contributed by atoms with Gasteiger partial charge in [0.15, 0.2) is 9.84 Å². The summed E-state index contributed by atoms with van der Waals surface area (Å²) in [5.41, 5.74) is 5.77. The van der Waals surface area contributed by atoms with Gasteiger partial charge in [-0.1, -0.05) is 30.9 Å². The van der Waals surface area contributed by atoms with E-state index in [0.29, 0.717) is 0 Å². The van der Waals surface area contributed by atoms with Crippen LogP contribution >= 0.6 is 11.6 Å². The highest BCUT2D eigenvalue weighted by molar-refractivity contribution is 7.92. The Hall–Kier alpha value is -1.27. The van der Waals surface area contributed by atoms with Crippen molar-refractivity contribution in [2.45, 2.75) is 43.0 Å². The maximum atomic E-state index is 12.3. The number of amides is 1. The summed E-state index contributed by atoms with van der Waals surface area (Å²) >= 11 is 5.79. The molecule has 0 heterocycles. The molecule has 7 heteroatoms. The molecule has 21 heavy (non-hydrogen) atoms. The van der Waals surface area contributed by atoms with Crippen molar-refractivity contribution in [2.75, 3.05) is 11.5 Å². The third-order valence-electron chi connectivity index (χ3n) is 3.60. The van der Waals surface area contributed by atoms with E-state index in [2.05, 4.69) is 5.32 Å². The number of anilines is 1. The molecule has 0 aromatic heterocycles. The number of hydrogen-bond donors (Lipinski definition) is 2. The monoisotopic (exact) mass is 330 g/mol. The number of rotatable bonds is 4. The van der Waals surface area contributed by atoms with Crippen LogP contribution in [0.2, 0.25) is 5.02 Å². The lowest BCUT2D eigenvalue weighted by molar-refractivity contribution is -0.119. The van der Waals surface area contributed by atoms with Crippen LogP contribution in [0.1, 0.15) is 32.1 Å². The second-order valence-electron chi connectivity index (χ2n) is 5.34. The van der Waals surface area contributed by atoms with Crippen LogP contribution in [-0.2, 0) is 14.6 Å². The van der Waals surface area contributed by atoms with Gasteiger partial charge in [0, 0.05) is 11.1 Å². The summed E-state index contributed by atoms with van der Waals surface area (Å²) < 4.78 is 24.5. The Kier molecular flexibility index (Phi) is 5.11. The van der Waals surface area contributed by atoms with Crippen LogP contribution in [0.4, 0.5) is 5.69 Å². The SMILES string of the molecule is Nc1ccc(Cl)cc1S(=O)(=O)CC(=O)NC1CCCCC1. The van der Waals surface area contributed by atoms with E-state index in [9.17, 15) is 13.2 Å². The van der Waals surface area contributed by atoms with E-state index >= 15 is 0 Å². The second-order valence-corrected chi connectivity index (χ2v) is 7.74. The van der Waals surface area contributed by atoms with E-state index in [1.807, 2.05) is 0 Å². The first-order valence-electron chi connectivity index (χ1n) is 6.95. The summed E-state index contributed by atoms with van der Waals surface area (Å²) in [6.07, 6.45) is 5.12. The van der Waals surface area contributed by atoms with Crippen molar-refractivity contribution in [2.24, 2.45) is 0 Å². The summed E-state index contributed by atoms with van der Waals surface area (Å²) in [5.74, 6) is -1.09. The topological polar surface area (TPSA) is 89.3 Å². The normalized spacial score (nSPS) is 16.6. The van der Waals surface area contributed by atoms with Crippen molar-refractivity contribution in [1.82, 2.24) is 5.32 Å². The Bertz CT molecular complexity index is 625. The molecule has 1 saturated carbocycles. The van der Waals surface area contributed by atoms with E-state index in [1.165, 1.54) is 24.6 Å². The third-order valence-corrected chi connectivity index (χ3v) is 5.50. The van der Waals surface area contributed by atoms with Crippen molar-refractivity contribution in [1.29, 1.82) is 0 Å². The molecule has 0 unspecified atom stereocenters. The number of nitrogens with two attached hydrogens (primary N) is 1. The third kappa shape index (κ3) is 4.35. The lowest BCUT2D eigenvalue weighted by atomic mass is 9.95. The lowest BCUT2D eigenvalue weighted by Gasteiger charge is -2.22. The minimum absolute atomic E-state index is 0.0816. The maximum absolute atomic E-state index is 12.3. The van der Waals surface area contributed by atoms with Crippen molar-refractivity contribution < 1.29 is 13.2 Å². The molecule has 0 radical (unpaired) electrons. The molecule has 116 valence electrons. The molecule has 1 amide bonds. The molecule has 1 aromatic carbocycles. The lowest BCUT2D eigenvalue weighted by Crippen LogP contribution is -2.39. The van der Waals surface area contributed by atoms with Gasteiger partial charge < -0.3 is 11.1 Å². The van der Waals surface area contributed by atoms with E-state index < -0.39 is 21.5 Å². The predicted octanol–water partition coefficient (Wildman–Crippen LogP) is 2.14. The van der Waals surface area contributed by atoms with Gasteiger partial charge in [-0.2, -0.15) is 0 Å². The number of benzene rings is 1. The van der Waals surface area contributed by atoms with Crippen LogP contribution in [0.25, 0.3) is 0 Å². The minimum Gasteiger partial charge on any atom is -0.398 e. The highest BCUT2D eigenvalue weighted by Gasteiger charge is 2.24. The van der Waals surface area contributed by atoms with E-state index in [-0.39, 0.29) is 21.6 Å². The zero-order valence-corrected chi connectivity index (χ0v) is 13.2. The van der Waals surface area contributed by atoms with Gasteiger partial charge >= 0.3 is 0 Å². The summed E-state index contributed by atoms with van der Waals surface area (Å²) in [5, 5.41) is 3.06. The molecule has 2 rings (SSSR count). The van der Waals surface area contributed by atoms with Gasteiger partial charge in [-0.05, 0) is 31.0 Å². The number of hydrogen-bond acceptors (Lipinski definition) is 4. The summed E-state index contributed by atoms with van der Waals surface area (Å²) in [6.45, 7) is 0. The summed E-state index contributed by atoms with van der Waals surface area (Å²) in [6, 6.07) is 4.30. The van der Waals surface area contributed by atoms with Gasteiger partial charge in [-0.25, -0.2) is 8.42 Å². The largest absolute Gasteiger partial charge is 0.398 e. The standard InChI is InChI=1S/C14H19ClN2O3S/c15-10-6-7-12(16)13(8-10)21(19,20)9-14(18)17-11-4-2-1-3-5-11/h6-8,11H,1-5,9,16H2,(H,17,18). The summed E-state index contributed by atoms with van der Waals surface area (Å²) in [7, 11) is -3.78. The van der Waals surface area contributed by atoms with Gasteiger partial charge in [0.25, 0.3) is 0 Å². The molecule has 0 saturated heterocycles. The first-order valence-corrected chi connectivity index (χ1v) is 8.98. The van der Waals surface area contributed by atoms with Crippen LogP contribution in [0.3, 0.4) is 0 Å². The van der Waals surface area contributed by atoms with Gasteiger partial charge in [-0.3, -0.25) is 4.79 Å². The van der Waals surface area contributed by atoms with Gasteiger partial charge in [0.2, 0.25) is 5.91 Å². The predicted molar refractivity (Wildman–Crippen MR) is 82.9 cm³/mol. The fourth-order valence-corrected chi connectivity index (χ4v) is 4.10. The second kappa shape index (κ2) is 6.66. The molecule has 0 atom stereocenters. The van der Waals surface area contributed by atoms with Crippen molar-refractivity contribution in [3.05, 3.63) is 23.2 Å². The van der Waals surface area contributed by atoms with Crippen LogP contribution in [0.5, 0.6) is 0 Å². The Balaban J connectivity index is 2.06. The average Bonchev–Trinajstić information content (AvgIpc) is 2.41. The van der Waals surface area contributed by atoms with Crippen LogP contribution in [0.15, 0.2) is 23.1 Å². The van der Waals surface area contributed by atoms with Crippen molar-refractivity contribution in [3.8, 4) is 0 Å². The van der Waals surface area contributed by atoms with E-state index in [1.54, 1.807) is 0 Å². The highest BCUT2D eigenvalue weighted by atomic mass is 35.5.